The molecule has 0 aromatic heterocycles. The van der Waals surface area contributed by atoms with Gasteiger partial charge in [-0.1, -0.05) is 36.5 Å². The first kappa shape index (κ1) is 21.0. The molecule has 0 saturated carbocycles. The summed E-state index contributed by atoms with van der Waals surface area (Å²) in [7, 11) is 0. The Balaban J connectivity index is 1.90. The molecule has 3 nitrogen and oxygen atoms in total. The maximum Gasteiger partial charge on any atom is 0.193 e. The van der Waals surface area contributed by atoms with E-state index < -0.39 is 0 Å². The van der Waals surface area contributed by atoms with E-state index in [4.69, 9.17) is 9.47 Å². The molecule has 0 spiro atoms. The van der Waals surface area contributed by atoms with Gasteiger partial charge in [0, 0.05) is 11.1 Å². The zero-order valence-corrected chi connectivity index (χ0v) is 16.4. The fraction of sp³-hybridized carbons (Fsp3) is 0.160. The molecule has 144 valence electrons. The summed E-state index contributed by atoms with van der Waals surface area (Å²) in [5, 5.41) is 0. The summed E-state index contributed by atoms with van der Waals surface area (Å²) in [6.07, 6.45) is 15.5. The molecule has 0 amide bonds. The first-order valence-electron chi connectivity index (χ1n) is 9.30. The summed E-state index contributed by atoms with van der Waals surface area (Å²) in [6, 6.07) is 14.4. The van der Waals surface area contributed by atoms with Crippen LogP contribution in [0.3, 0.4) is 0 Å². The quantitative estimate of drug-likeness (QED) is 0.381. The Morgan fingerprint density at radius 3 is 1.43 bits per heavy atom. The van der Waals surface area contributed by atoms with Gasteiger partial charge in [-0.25, -0.2) is 0 Å². The molecule has 0 aliphatic rings. The lowest BCUT2D eigenvalue weighted by molar-refractivity contribution is 0.103. The van der Waals surface area contributed by atoms with Gasteiger partial charge in [0.1, 0.15) is 24.7 Å². The minimum Gasteiger partial charge on any atom is -0.490 e. The van der Waals surface area contributed by atoms with Gasteiger partial charge in [0.15, 0.2) is 5.78 Å². The first-order chi connectivity index (χ1) is 13.7. The minimum atomic E-state index is -0.0287. The predicted octanol–water partition coefficient (Wildman–Crippen LogP) is 5.94. The van der Waals surface area contributed by atoms with Crippen molar-refractivity contribution in [3.63, 3.8) is 0 Å². The first-order valence-corrected chi connectivity index (χ1v) is 9.30. The normalized spacial score (nSPS) is 11.8. The van der Waals surface area contributed by atoms with E-state index in [1.54, 1.807) is 24.3 Å². The zero-order valence-electron chi connectivity index (χ0n) is 16.4. The van der Waals surface area contributed by atoms with Crippen molar-refractivity contribution in [1.29, 1.82) is 0 Å². The Morgan fingerprint density at radius 1 is 0.679 bits per heavy atom. The van der Waals surface area contributed by atoms with Crippen LogP contribution in [0.5, 0.6) is 11.5 Å². The lowest BCUT2D eigenvalue weighted by Crippen LogP contribution is -2.02. The van der Waals surface area contributed by atoms with Crippen LogP contribution in [0.25, 0.3) is 0 Å². The Kier molecular flexibility index (Phi) is 9.09. The summed E-state index contributed by atoms with van der Waals surface area (Å²) < 4.78 is 11.2. The lowest BCUT2D eigenvalue weighted by atomic mass is 10.0. The van der Waals surface area contributed by atoms with E-state index in [9.17, 15) is 4.79 Å². The topological polar surface area (TPSA) is 35.5 Å². The number of ketones is 1. The highest BCUT2D eigenvalue weighted by Crippen LogP contribution is 2.18. The summed E-state index contributed by atoms with van der Waals surface area (Å²) in [6.45, 7) is 4.91. The Bertz CT molecular complexity index is 767. The van der Waals surface area contributed by atoms with Gasteiger partial charge in [-0.15, -0.1) is 0 Å². The molecule has 0 unspecified atom stereocenters. The van der Waals surface area contributed by atoms with Crippen LogP contribution in [0, 0.1) is 0 Å². The van der Waals surface area contributed by atoms with Gasteiger partial charge in [-0.3, -0.25) is 4.79 Å². The second kappa shape index (κ2) is 12.1. The molecule has 28 heavy (non-hydrogen) atoms. The van der Waals surface area contributed by atoms with E-state index in [1.165, 1.54) is 0 Å². The number of carbonyl (C=O) groups excluding carboxylic acids is 1. The van der Waals surface area contributed by atoms with Gasteiger partial charge in [-0.2, -0.15) is 0 Å². The molecule has 3 heteroatoms. The molecule has 0 fully saturated rings. The van der Waals surface area contributed by atoms with Crippen molar-refractivity contribution in [1.82, 2.24) is 0 Å². The van der Waals surface area contributed by atoms with Crippen molar-refractivity contribution in [2.45, 2.75) is 13.8 Å². The monoisotopic (exact) mass is 374 g/mol. The van der Waals surface area contributed by atoms with Crippen molar-refractivity contribution in [3.05, 3.63) is 108 Å². The molecule has 0 bridgehead atoms. The molecule has 2 rings (SSSR count). The smallest absolute Gasteiger partial charge is 0.193 e. The fourth-order valence-corrected chi connectivity index (χ4v) is 2.35. The minimum absolute atomic E-state index is 0.0287. The van der Waals surface area contributed by atoms with Crippen molar-refractivity contribution in [2.24, 2.45) is 0 Å². The molecule has 0 aliphatic carbocycles. The highest BCUT2D eigenvalue weighted by atomic mass is 16.5. The van der Waals surface area contributed by atoms with Crippen LogP contribution < -0.4 is 9.47 Å². The second-order valence-corrected chi connectivity index (χ2v) is 5.91. The van der Waals surface area contributed by atoms with E-state index in [2.05, 4.69) is 0 Å². The molecular weight excluding hydrogens is 348 g/mol. The number of rotatable bonds is 10. The van der Waals surface area contributed by atoms with Gasteiger partial charge in [0.25, 0.3) is 0 Å². The van der Waals surface area contributed by atoms with E-state index in [0.29, 0.717) is 24.3 Å². The Morgan fingerprint density at radius 2 is 1.07 bits per heavy atom. The third-order valence-electron chi connectivity index (χ3n) is 3.80. The van der Waals surface area contributed by atoms with Gasteiger partial charge in [0.2, 0.25) is 0 Å². The standard InChI is InChI=1S/C25H26O3/c1-3-5-7-9-19-27-23-15-11-21(12-16-23)25(26)22-13-17-24(18-14-22)28-20-10-8-6-4-2/h3-18H,19-20H2,1-2H3/b5-3+,6-4+,9-7+,10-8+. The number of hydrogen-bond acceptors (Lipinski definition) is 3. The van der Waals surface area contributed by atoms with Crippen LogP contribution in [0.1, 0.15) is 29.8 Å². The van der Waals surface area contributed by atoms with E-state index in [1.807, 2.05) is 86.7 Å². The van der Waals surface area contributed by atoms with Crippen LogP contribution in [0.2, 0.25) is 0 Å². The van der Waals surface area contributed by atoms with Crippen molar-refractivity contribution in [2.75, 3.05) is 13.2 Å². The number of carbonyl (C=O) groups is 1. The Labute approximate surface area is 167 Å². The number of hydrogen-bond donors (Lipinski definition) is 0. The highest BCUT2D eigenvalue weighted by Gasteiger charge is 2.09. The largest absolute Gasteiger partial charge is 0.490 e. The number of allylic oxidation sites excluding steroid dienone is 6. The zero-order chi connectivity index (χ0) is 20.0. The van der Waals surface area contributed by atoms with Crippen LogP contribution in [0.15, 0.2) is 97.1 Å². The third kappa shape index (κ3) is 7.12. The maximum absolute atomic E-state index is 12.6. The molecule has 2 aromatic carbocycles. The summed E-state index contributed by atoms with van der Waals surface area (Å²) in [5.41, 5.74) is 1.25. The van der Waals surface area contributed by atoms with Crippen LogP contribution in [0.4, 0.5) is 0 Å². The third-order valence-corrected chi connectivity index (χ3v) is 3.80. The summed E-state index contributed by atoms with van der Waals surface area (Å²) in [5.74, 6) is 1.44. The van der Waals surface area contributed by atoms with Gasteiger partial charge >= 0.3 is 0 Å². The molecule has 0 heterocycles. The average Bonchev–Trinajstić information content (AvgIpc) is 2.74. The van der Waals surface area contributed by atoms with Gasteiger partial charge in [-0.05, 0) is 74.5 Å². The molecule has 0 aliphatic heterocycles. The molecular formula is C25H26O3. The summed E-state index contributed by atoms with van der Waals surface area (Å²) in [4.78, 5) is 12.6. The molecule has 0 N–H and O–H groups in total. The SMILES string of the molecule is C/C=C/C=C/COc1ccc(C(=O)c2ccc(OC/C=C/C=C/C)cc2)cc1. The van der Waals surface area contributed by atoms with Gasteiger partial charge < -0.3 is 9.47 Å². The average molecular weight is 374 g/mol. The van der Waals surface area contributed by atoms with E-state index in [0.717, 1.165) is 11.5 Å². The fourth-order valence-electron chi connectivity index (χ4n) is 2.35. The van der Waals surface area contributed by atoms with Crippen LogP contribution in [-0.2, 0) is 0 Å². The lowest BCUT2D eigenvalue weighted by Gasteiger charge is -2.06. The Hall–Kier alpha value is -3.33. The second-order valence-electron chi connectivity index (χ2n) is 5.91. The van der Waals surface area contributed by atoms with E-state index in [-0.39, 0.29) is 5.78 Å². The van der Waals surface area contributed by atoms with Crippen molar-refractivity contribution < 1.29 is 14.3 Å². The molecule has 0 atom stereocenters. The summed E-state index contributed by atoms with van der Waals surface area (Å²) >= 11 is 0. The maximum atomic E-state index is 12.6. The van der Waals surface area contributed by atoms with E-state index >= 15 is 0 Å². The molecule has 0 radical (unpaired) electrons. The van der Waals surface area contributed by atoms with Crippen molar-refractivity contribution >= 4 is 5.78 Å². The van der Waals surface area contributed by atoms with Crippen molar-refractivity contribution in [3.8, 4) is 11.5 Å². The number of ether oxygens (including phenoxy) is 2. The van der Waals surface area contributed by atoms with Gasteiger partial charge in [0.05, 0.1) is 0 Å². The molecule has 0 saturated heterocycles. The predicted molar refractivity (Wildman–Crippen MR) is 115 cm³/mol. The number of benzene rings is 2. The van der Waals surface area contributed by atoms with Crippen LogP contribution in [-0.4, -0.2) is 19.0 Å². The molecule has 2 aromatic rings. The highest BCUT2D eigenvalue weighted by molar-refractivity contribution is 6.09. The van der Waals surface area contributed by atoms with Crippen LogP contribution >= 0.6 is 0 Å².